The fourth-order valence-corrected chi connectivity index (χ4v) is 2.85. The van der Waals surface area contributed by atoms with E-state index < -0.39 is 0 Å². The first kappa shape index (κ1) is 13.6. The van der Waals surface area contributed by atoms with E-state index in [2.05, 4.69) is 34.6 Å². The molecule has 1 aromatic heterocycles. The zero-order valence-electron chi connectivity index (χ0n) is 12.3. The van der Waals surface area contributed by atoms with E-state index in [1.165, 1.54) is 12.8 Å². The first-order valence-electron chi connectivity index (χ1n) is 7.19. The first-order valence-corrected chi connectivity index (χ1v) is 7.19. The second-order valence-corrected chi connectivity index (χ2v) is 6.39. The molecule has 6 heteroatoms. The summed E-state index contributed by atoms with van der Waals surface area (Å²) in [5.41, 5.74) is 2.73. The fraction of sp³-hybridized carbons (Fsp3) is 0.714. The molecule has 20 heavy (non-hydrogen) atoms. The molecule has 0 aromatic carbocycles. The molecule has 6 nitrogen and oxygen atoms in total. The van der Waals surface area contributed by atoms with E-state index in [1.807, 2.05) is 6.07 Å². The highest BCUT2D eigenvalue weighted by Crippen LogP contribution is 2.44. The molecule has 0 bridgehead atoms. The molecule has 1 aromatic rings. The van der Waals surface area contributed by atoms with E-state index in [9.17, 15) is 0 Å². The molecule has 1 heterocycles. The summed E-state index contributed by atoms with van der Waals surface area (Å²) in [4.78, 5) is 9.04. The summed E-state index contributed by atoms with van der Waals surface area (Å²) in [6.45, 7) is 4.43. The second-order valence-electron chi connectivity index (χ2n) is 6.39. The van der Waals surface area contributed by atoms with Crippen molar-refractivity contribution in [2.45, 2.75) is 51.2 Å². The van der Waals surface area contributed by atoms with Gasteiger partial charge in [0, 0.05) is 30.6 Å². The maximum absolute atomic E-state index is 5.49. The predicted molar refractivity (Wildman–Crippen MR) is 78.4 cm³/mol. The van der Waals surface area contributed by atoms with Gasteiger partial charge in [0.25, 0.3) is 0 Å². The number of ether oxygens (including phenoxy) is 1. The van der Waals surface area contributed by atoms with Crippen LogP contribution in [0.3, 0.4) is 0 Å². The lowest BCUT2D eigenvalue weighted by atomic mass is 9.64. The van der Waals surface area contributed by atoms with Crippen molar-refractivity contribution in [1.29, 1.82) is 0 Å². The van der Waals surface area contributed by atoms with Crippen molar-refractivity contribution < 1.29 is 4.74 Å². The largest absolute Gasteiger partial charge is 0.381 e. The average molecular weight is 277 g/mol. The van der Waals surface area contributed by atoms with Gasteiger partial charge in [0.1, 0.15) is 17.5 Å². The molecule has 0 radical (unpaired) electrons. The third-order valence-electron chi connectivity index (χ3n) is 4.62. The maximum Gasteiger partial charge on any atom is 0.145 e. The maximum atomic E-state index is 5.49. The number of hydrazine groups is 1. The summed E-state index contributed by atoms with van der Waals surface area (Å²) >= 11 is 0. The van der Waals surface area contributed by atoms with Crippen LogP contribution in [0.4, 0.5) is 11.6 Å². The molecular weight excluding hydrogens is 254 g/mol. The summed E-state index contributed by atoms with van der Waals surface area (Å²) < 4.78 is 5.48. The van der Waals surface area contributed by atoms with Crippen LogP contribution >= 0.6 is 0 Å². The Morgan fingerprint density at radius 1 is 1.30 bits per heavy atom. The van der Waals surface area contributed by atoms with Crippen molar-refractivity contribution in [1.82, 2.24) is 9.97 Å². The van der Waals surface area contributed by atoms with E-state index in [4.69, 9.17) is 10.6 Å². The van der Waals surface area contributed by atoms with Crippen LogP contribution in [0.25, 0.3) is 0 Å². The molecule has 0 aliphatic heterocycles. The Morgan fingerprint density at radius 3 is 2.55 bits per heavy atom. The topological polar surface area (TPSA) is 85.1 Å². The zero-order chi connectivity index (χ0) is 14.3. The van der Waals surface area contributed by atoms with Gasteiger partial charge in [-0.1, -0.05) is 13.8 Å². The Labute approximate surface area is 119 Å². The molecular formula is C14H23N5O. The molecule has 2 atom stereocenters. The summed E-state index contributed by atoms with van der Waals surface area (Å²) in [6.07, 6.45) is 3.65. The average Bonchev–Trinajstić information content (AvgIpc) is 3.27. The quantitative estimate of drug-likeness (QED) is 0.563. The molecule has 0 saturated heterocycles. The van der Waals surface area contributed by atoms with Gasteiger partial charge >= 0.3 is 0 Å². The Hall–Kier alpha value is -1.40. The van der Waals surface area contributed by atoms with Crippen molar-refractivity contribution >= 4 is 11.6 Å². The number of aromatic nitrogens is 2. The lowest BCUT2D eigenvalue weighted by Crippen LogP contribution is -2.57. The van der Waals surface area contributed by atoms with Crippen LogP contribution in [0, 0.1) is 5.41 Å². The highest BCUT2D eigenvalue weighted by molar-refractivity contribution is 5.49. The number of anilines is 2. The number of nitrogens with two attached hydrogens (primary N) is 1. The van der Waals surface area contributed by atoms with Gasteiger partial charge < -0.3 is 15.5 Å². The van der Waals surface area contributed by atoms with E-state index in [-0.39, 0.29) is 5.41 Å². The van der Waals surface area contributed by atoms with Crippen molar-refractivity contribution in [2.75, 3.05) is 17.9 Å². The summed E-state index contributed by atoms with van der Waals surface area (Å²) in [5.74, 6) is 8.41. The van der Waals surface area contributed by atoms with Crippen LogP contribution in [0.1, 0.15) is 44.9 Å². The van der Waals surface area contributed by atoms with Gasteiger partial charge in [-0.3, -0.25) is 0 Å². The third-order valence-corrected chi connectivity index (χ3v) is 4.62. The molecule has 0 spiro atoms. The summed E-state index contributed by atoms with van der Waals surface area (Å²) in [6, 6.07) is 2.22. The van der Waals surface area contributed by atoms with Crippen LogP contribution < -0.4 is 16.6 Å². The zero-order valence-corrected chi connectivity index (χ0v) is 12.3. The van der Waals surface area contributed by atoms with Crippen molar-refractivity contribution in [3.05, 3.63) is 11.9 Å². The second kappa shape index (κ2) is 4.86. The van der Waals surface area contributed by atoms with E-state index in [0.29, 0.717) is 23.9 Å². The predicted octanol–water partition coefficient (Wildman–Crippen LogP) is 1.86. The smallest absolute Gasteiger partial charge is 0.145 e. The van der Waals surface area contributed by atoms with Crippen molar-refractivity contribution in [3.63, 3.8) is 0 Å². The Bertz CT molecular complexity index is 500. The minimum absolute atomic E-state index is 0.107. The minimum Gasteiger partial charge on any atom is -0.381 e. The van der Waals surface area contributed by atoms with Gasteiger partial charge in [0.15, 0.2) is 0 Å². The SMILES string of the molecule is COC1CC(Nc2cc(NN)nc(C3CC3)n2)C1(C)C. The van der Waals surface area contributed by atoms with Crippen LogP contribution in [0.5, 0.6) is 0 Å². The van der Waals surface area contributed by atoms with Gasteiger partial charge in [0.05, 0.1) is 6.10 Å². The lowest BCUT2D eigenvalue weighted by Gasteiger charge is -2.51. The summed E-state index contributed by atoms with van der Waals surface area (Å²) in [7, 11) is 1.77. The normalized spacial score (nSPS) is 27.8. The number of hydrogen-bond acceptors (Lipinski definition) is 6. The third kappa shape index (κ3) is 2.33. The van der Waals surface area contributed by atoms with Crippen molar-refractivity contribution in [3.8, 4) is 0 Å². The van der Waals surface area contributed by atoms with Gasteiger partial charge in [-0.05, 0) is 19.3 Å². The van der Waals surface area contributed by atoms with Crippen LogP contribution in [0.2, 0.25) is 0 Å². The highest BCUT2D eigenvalue weighted by Gasteiger charge is 2.48. The highest BCUT2D eigenvalue weighted by atomic mass is 16.5. The van der Waals surface area contributed by atoms with E-state index in [0.717, 1.165) is 18.1 Å². The van der Waals surface area contributed by atoms with Gasteiger partial charge in [-0.15, -0.1) is 0 Å². The number of nitrogen functional groups attached to an aromatic ring is 1. The Morgan fingerprint density at radius 2 is 2.00 bits per heavy atom. The molecule has 2 unspecified atom stereocenters. The first-order chi connectivity index (χ1) is 9.54. The van der Waals surface area contributed by atoms with Crippen LogP contribution in [-0.2, 0) is 4.74 Å². The van der Waals surface area contributed by atoms with Gasteiger partial charge in [-0.2, -0.15) is 0 Å². The molecule has 2 saturated carbocycles. The van der Waals surface area contributed by atoms with Gasteiger partial charge in [-0.25, -0.2) is 15.8 Å². The van der Waals surface area contributed by atoms with Crippen molar-refractivity contribution in [2.24, 2.45) is 11.3 Å². The number of rotatable bonds is 5. The number of nitrogens with one attached hydrogen (secondary N) is 2. The van der Waals surface area contributed by atoms with E-state index in [1.54, 1.807) is 7.11 Å². The number of hydrogen-bond donors (Lipinski definition) is 3. The van der Waals surface area contributed by atoms with E-state index >= 15 is 0 Å². The minimum atomic E-state index is 0.107. The molecule has 3 rings (SSSR count). The molecule has 2 fully saturated rings. The fourth-order valence-electron chi connectivity index (χ4n) is 2.85. The monoisotopic (exact) mass is 277 g/mol. The molecule has 4 N–H and O–H groups in total. The standard InChI is InChI=1S/C14H23N5O/c1-14(2)9(6-10(14)20-3)16-11-7-12(19-15)18-13(17-11)8-4-5-8/h7-10H,4-6,15H2,1-3H3,(H2,16,17,18,19). The number of methoxy groups -OCH3 is 1. The Balaban J connectivity index is 1.76. The number of nitrogens with zero attached hydrogens (tertiary/aromatic N) is 2. The lowest BCUT2D eigenvalue weighted by molar-refractivity contribution is -0.0795. The molecule has 2 aliphatic carbocycles. The van der Waals surface area contributed by atoms with Gasteiger partial charge in [0.2, 0.25) is 0 Å². The Kier molecular flexibility index (Phi) is 3.30. The van der Waals surface area contributed by atoms with Crippen LogP contribution in [-0.4, -0.2) is 29.2 Å². The molecule has 110 valence electrons. The van der Waals surface area contributed by atoms with Crippen LogP contribution in [0.15, 0.2) is 6.07 Å². The molecule has 2 aliphatic rings. The molecule has 0 amide bonds. The summed E-state index contributed by atoms with van der Waals surface area (Å²) in [5, 5.41) is 3.50.